The van der Waals surface area contributed by atoms with Crippen molar-refractivity contribution >= 4 is 37.7 Å². The minimum atomic E-state index is 1.09. The van der Waals surface area contributed by atoms with E-state index in [-0.39, 0.29) is 0 Å². The van der Waals surface area contributed by atoms with Gasteiger partial charge in [0.15, 0.2) is 0 Å². The van der Waals surface area contributed by atoms with Gasteiger partial charge in [-0.15, -0.1) is 0 Å². The molecule has 0 aliphatic rings. The van der Waals surface area contributed by atoms with Crippen LogP contribution in [0.25, 0.3) is 49.7 Å². The van der Waals surface area contributed by atoms with Gasteiger partial charge in [0.1, 0.15) is 0 Å². The molecule has 0 amide bonds. The van der Waals surface area contributed by atoms with Gasteiger partial charge in [-0.3, -0.25) is 0 Å². The van der Waals surface area contributed by atoms with Crippen molar-refractivity contribution in [2.45, 2.75) is 0 Å². The summed E-state index contributed by atoms with van der Waals surface area (Å²) < 4.78 is 3.49. The number of fused-ring (bicyclic) bond motifs is 3. The van der Waals surface area contributed by atoms with Crippen LogP contribution in [0.1, 0.15) is 0 Å². The largest absolute Gasteiger partial charge is 0.309 e. The minimum Gasteiger partial charge on any atom is -0.309 e. The number of benzene rings is 5. The number of hydrogen-bond acceptors (Lipinski definition) is 0. The summed E-state index contributed by atoms with van der Waals surface area (Å²) in [6, 6.07) is 43.3. The molecule has 32 heavy (non-hydrogen) atoms. The fourth-order valence-corrected chi connectivity index (χ4v) is 4.96. The maximum absolute atomic E-state index is 3.66. The molecule has 6 rings (SSSR count). The van der Waals surface area contributed by atoms with Crippen molar-refractivity contribution in [3.63, 3.8) is 0 Å². The highest BCUT2D eigenvalue weighted by Crippen LogP contribution is 2.38. The number of hydrogen-bond donors (Lipinski definition) is 0. The minimum absolute atomic E-state index is 1.09. The summed E-state index contributed by atoms with van der Waals surface area (Å²) in [6.07, 6.45) is 0. The van der Waals surface area contributed by atoms with E-state index in [9.17, 15) is 0 Å². The lowest BCUT2D eigenvalue weighted by Gasteiger charge is -2.16. The van der Waals surface area contributed by atoms with Crippen LogP contribution in [0.4, 0.5) is 0 Å². The van der Waals surface area contributed by atoms with Crippen LogP contribution in [-0.2, 0) is 0 Å². The van der Waals surface area contributed by atoms with Crippen LogP contribution in [0, 0.1) is 0 Å². The highest BCUT2D eigenvalue weighted by atomic mass is 79.9. The predicted octanol–water partition coefficient (Wildman–Crippen LogP) is 8.88. The fourth-order valence-electron chi connectivity index (χ4n) is 4.59. The molecule has 2 heteroatoms. The molecule has 0 N–H and O–H groups in total. The SMILES string of the molecule is Brc1ccc2c(c1)c1ccccc1n2-c1ccc(-c2ccccc2)cc1-c1ccccc1. The average Bonchev–Trinajstić information content (AvgIpc) is 3.18. The summed E-state index contributed by atoms with van der Waals surface area (Å²) in [5.41, 5.74) is 8.48. The molecular formula is C30H20BrN. The smallest absolute Gasteiger partial charge is 0.0542 e. The third-order valence-corrected chi connectivity index (χ3v) is 6.56. The van der Waals surface area contributed by atoms with E-state index in [2.05, 4.69) is 142 Å². The highest BCUT2D eigenvalue weighted by Gasteiger charge is 2.16. The molecule has 0 spiro atoms. The van der Waals surface area contributed by atoms with Crippen molar-refractivity contribution in [2.24, 2.45) is 0 Å². The Labute approximate surface area is 195 Å². The molecule has 152 valence electrons. The van der Waals surface area contributed by atoms with E-state index in [1.807, 2.05) is 0 Å². The molecule has 0 fully saturated rings. The first kappa shape index (κ1) is 19.1. The van der Waals surface area contributed by atoms with Gasteiger partial charge in [-0.1, -0.05) is 101 Å². The molecule has 0 bridgehead atoms. The summed E-state index contributed by atoms with van der Waals surface area (Å²) in [6.45, 7) is 0. The zero-order valence-electron chi connectivity index (χ0n) is 17.4. The van der Waals surface area contributed by atoms with Crippen LogP contribution in [0.3, 0.4) is 0 Å². The van der Waals surface area contributed by atoms with Crippen molar-refractivity contribution in [1.29, 1.82) is 0 Å². The van der Waals surface area contributed by atoms with Crippen LogP contribution >= 0.6 is 15.9 Å². The molecule has 0 radical (unpaired) electrons. The van der Waals surface area contributed by atoms with Crippen molar-refractivity contribution in [2.75, 3.05) is 0 Å². The lowest BCUT2D eigenvalue weighted by molar-refractivity contribution is 1.18. The van der Waals surface area contributed by atoms with Crippen molar-refractivity contribution < 1.29 is 0 Å². The molecular weight excluding hydrogens is 454 g/mol. The second-order valence-corrected chi connectivity index (χ2v) is 8.89. The number of aromatic nitrogens is 1. The zero-order chi connectivity index (χ0) is 21.5. The molecule has 0 unspecified atom stereocenters. The fraction of sp³-hybridized carbons (Fsp3) is 0. The van der Waals surface area contributed by atoms with Gasteiger partial charge in [-0.25, -0.2) is 0 Å². The topological polar surface area (TPSA) is 4.93 Å². The predicted molar refractivity (Wildman–Crippen MR) is 139 cm³/mol. The lowest BCUT2D eigenvalue weighted by Crippen LogP contribution is -1.98. The highest BCUT2D eigenvalue weighted by molar-refractivity contribution is 9.10. The Hall–Kier alpha value is -3.62. The van der Waals surface area contributed by atoms with Crippen molar-refractivity contribution in [1.82, 2.24) is 4.57 Å². The number of nitrogens with zero attached hydrogens (tertiary/aromatic N) is 1. The second-order valence-electron chi connectivity index (χ2n) is 7.98. The maximum Gasteiger partial charge on any atom is 0.0542 e. The van der Waals surface area contributed by atoms with Gasteiger partial charge in [0.25, 0.3) is 0 Å². The number of halogens is 1. The van der Waals surface area contributed by atoms with E-state index in [0.717, 1.165) is 4.47 Å². The third-order valence-electron chi connectivity index (χ3n) is 6.06. The molecule has 0 aliphatic carbocycles. The van der Waals surface area contributed by atoms with Crippen molar-refractivity contribution in [3.8, 4) is 27.9 Å². The first-order valence-electron chi connectivity index (χ1n) is 10.7. The molecule has 6 aromatic rings. The van der Waals surface area contributed by atoms with Gasteiger partial charge in [0, 0.05) is 20.8 Å². The van der Waals surface area contributed by atoms with E-state index < -0.39 is 0 Å². The summed E-state index contributed by atoms with van der Waals surface area (Å²) in [7, 11) is 0. The zero-order valence-corrected chi connectivity index (χ0v) is 19.0. The van der Waals surface area contributed by atoms with Gasteiger partial charge in [0.05, 0.1) is 16.7 Å². The maximum atomic E-state index is 3.66. The van der Waals surface area contributed by atoms with E-state index in [4.69, 9.17) is 0 Å². The Morgan fingerprint density at radius 2 is 1.12 bits per heavy atom. The number of para-hydroxylation sites is 1. The van der Waals surface area contributed by atoms with E-state index in [1.165, 1.54) is 49.7 Å². The van der Waals surface area contributed by atoms with Crippen LogP contribution in [0.2, 0.25) is 0 Å². The van der Waals surface area contributed by atoms with Crippen LogP contribution < -0.4 is 0 Å². The van der Waals surface area contributed by atoms with Crippen LogP contribution in [0.15, 0.2) is 126 Å². The summed E-state index contributed by atoms with van der Waals surface area (Å²) in [5, 5.41) is 2.51. The Balaban J connectivity index is 1.70. The molecule has 0 atom stereocenters. The van der Waals surface area contributed by atoms with E-state index in [0.29, 0.717) is 0 Å². The quantitative estimate of drug-likeness (QED) is 0.241. The standard InChI is InChI=1S/C30H20BrN/c31-24-16-18-30-27(20-24)25-13-7-8-14-28(25)32(30)29-17-15-23(21-9-3-1-4-10-21)19-26(29)22-11-5-2-6-12-22/h1-20H. The van der Waals surface area contributed by atoms with Gasteiger partial charge < -0.3 is 4.57 Å². The number of rotatable bonds is 3. The summed E-state index contributed by atoms with van der Waals surface area (Å²) in [5.74, 6) is 0. The lowest BCUT2D eigenvalue weighted by atomic mass is 9.97. The molecule has 0 aliphatic heterocycles. The molecule has 5 aromatic carbocycles. The van der Waals surface area contributed by atoms with Crippen LogP contribution in [-0.4, -0.2) is 4.57 Å². The molecule has 0 saturated carbocycles. The van der Waals surface area contributed by atoms with E-state index >= 15 is 0 Å². The first-order valence-corrected chi connectivity index (χ1v) is 11.5. The summed E-state index contributed by atoms with van der Waals surface area (Å²) >= 11 is 3.66. The van der Waals surface area contributed by atoms with Gasteiger partial charge >= 0.3 is 0 Å². The summed E-state index contributed by atoms with van der Waals surface area (Å²) in [4.78, 5) is 0. The molecule has 1 heterocycles. The Morgan fingerprint density at radius 3 is 1.91 bits per heavy atom. The van der Waals surface area contributed by atoms with Gasteiger partial charge in [0.2, 0.25) is 0 Å². The van der Waals surface area contributed by atoms with Crippen LogP contribution in [0.5, 0.6) is 0 Å². The second kappa shape index (κ2) is 7.81. The Bertz CT molecular complexity index is 1560. The monoisotopic (exact) mass is 473 g/mol. The van der Waals surface area contributed by atoms with Gasteiger partial charge in [-0.05, 0) is 53.1 Å². The van der Waals surface area contributed by atoms with Crippen molar-refractivity contribution in [3.05, 3.63) is 126 Å². The Kier molecular flexibility index (Phi) is 4.66. The molecule has 1 aromatic heterocycles. The first-order chi connectivity index (χ1) is 15.8. The molecule has 0 saturated heterocycles. The average molecular weight is 474 g/mol. The third kappa shape index (κ3) is 3.16. The van der Waals surface area contributed by atoms with Gasteiger partial charge in [-0.2, -0.15) is 0 Å². The molecule has 1 nitrogen and oxygen atoms in total. The Morgan fingerprint density at radius 1 is 0.469 bits per heavy atom. The van der Waals surface area contributed by atoms with E-state index in [1.54, 1.807) is 0 Å². The normalized spacial score (nSPS) is 11.3.